The molecule has 1 fully saturated rings. The fraction of sp³-hybridized carbons (Fsp3) is 0.259. The number of ether oxygens (including phenoxy) is 1. The van der Waals surface area contributed by atoms with Crippen LogP contribution in [0.2, 0.25) is 0 Å². The molecular weight excluding hydrogens is 370 g/mol. The van der Waals surface area contributed by atoms with Crippen molar-refractivity contribution in [2.45, 2.75) is 38.5 Å². The lowest BCUT2D eigenvalue weighted by molar-refractivity contribution is 0.0734. The molecule has 1 aliphatic carbocycles. The van der Waals surface area contributed by atoms with Gasteiger partial charge in [0.1, 0.15) is 5.75 Å². The number of esters is 1. The molecule has 0 unspecified atom stereocenters. The zero-order chi connectivity index (χ0) is 20.9. The van der Waals surface area contributed by atoms with Gasteiger partial charge in [0.15, 0.2) is 0 Å². The minimum absolute atomic E-state index is 0.343. The summed E-state index contributed by atoms with van der Waals surface area (Å²) in [6.07, 6.45) is 5.03. The highest BCUT2D eigenvalue weighted by Crippen LogP contribution is 2.35. The summed E-state index contributed by atoms with van der Waals surface area (Å²) in [6.45, 7) is 2.33. The van der Waals surface area contributed by atoms with Gasteiger partial charge >= 0.3 is 5.97 Å². The van der Waals surface area contributed by atoms with Gasteiger partial charge in [0.25, 0.3) is 0 Å². The number of hydrogen-bond acceptors (Lipinski definition) is 3. The monoisotopic (exact) mass is 395 g/mol. The molecule has 3 nitrogen and oxygen atoms in total. The first-order chi connectivity index (χ1) is 14.6. The standard InChI is InChI=1S/C27H25NO2/c1-19-2-6-21(7-3-19)23-10-12-25(13-11-23)27(29)30-26-16-14-24(15-17-26)22-8-4-20(18-28)5-9-22/h4-5,8-17,19,21H,2-3,6-7H2,1H3. The summed E-state index contributed by atoms with van der Waals surface area (Å²) in [7, 11) is 0. The zero-order valence-electron chi connectivity index (χ0n) is 17.2. The maximum Gasteiger partial charge on any atom is 0.343 e. The number of hydrogen-bond donors (Lipinski definition) is 0. The van der Waals surface area contributed by atoms with Crippen molar-refractivity contribution in [1.29, 1.82) is 5.26 Å². The Labute approximate surface area is 177 Å². The Balaban J connectivity index is 1.39. The molecular formula is C27H25NO2. The average Bonchev–Trinajstić information content (AvgIpc) is 2.80. The van der Waals surface area contributed by atoms with E-state index in [-0.39, 0.29) is 5.97 Å². The predicted octanol–water partition coefficient (Wildman–Crippen LogP) is 6.74. The van der Waals surface area contributed by atoms with E-state index in [0.29, 0.717) is 22.8 Å². The van der Waals surface area contributed by atoms with E-state index in [1.165, 1.54) is 31.2 Å². The summed E-state index contributed by atoms with van der Waals surface area (Å²) in [5.41, 5.74) is 4.54. The molecule has 0 saturated heterocycles. The van der Waals surface area contributed by atoms with Crippen molar-refractivity contribution in [3.63, 3.8) is 0 Å². The van der Waals surface area contributed by atoms with Crippen LogP contribution in [0, 0.1) is 17.2 Å². The Hall–Kier alpha value is -3.38. The summed E-state index contributed by atoms with van der Waals surface area (Å²) in [6, 6.07) is 24.8. The summed E-state index contributed by atoms with van der Waals surface area (Å²) < 4.78 is 5.55. The summed E-state index contributed by atoms with van der Waals surface area (Å²) in [5.74, 6) is 1.62. The molecule has 0 spiro atoms. The Morgan fingerprint density at radius 1 is 0.833 bits per heavy atom. The van der Waals surface area contributed by atoms with E-state index in [1.54, 1.807) is 24.3 Å². The third kappa shape index (κ3) is 4.60. The second kappa shape index (κ2) is 8.97. The quantitative estimate of drug-likeness (QED) is 0.363. The topological polar surface area (TPSA) is 50.1 Å². The number of carbonyl (C=O) groups is 1. The van der Waals surface area contributed by atoms with Crippen LogP contribution in [-0.4, -0.2) is 5.97 Å². The first kappa shape index (κ1) is 19.9. The molecule has 0 bridgehead atoms. The van der Waals surface area contributed by atoms with Gasteiger partial charge in [-0.3, -0.25) is 0 Å². The zero-order valence-corrected chi connectivity index (χ0v) is 17.2. The molecule has 3 heteroatoms. The molecule has 150 valence electrons. The van der Waals surface area contributed by atoms with Crippen molar-refractivity contribution in [3.8, 4) is 22.9 Å². The lowest BCUT2D eigenvalue weighted by atomic mass is 9.79. The van der Waals surface area contributed by atoms with Gasteiger partial charge < -0.3 is 4.74 Å². The van der Waals surface area contributed by atoms with Crippen LogP contribution in [0.5, 0.6) is 5.75 Å². The molecule has 3 aromatic carbocycles. The summed E-state index contributed by atoms with van der Waals surface area (Å²) in [5, 5.41) is 8.91. The average molecular weight is 396 g/mol. The van der Waals surface area contributed by atoms with E-state index in [0.717, 1.165) is 17.0 Å². The highest BCUT2D eigenvalue weighted by Gasteiger charge is 2.20. The molecule has 0 aliphatic heterocycles. The van der Waals surface area contributed by atoms with Gasteiger partial charge in [0.2, 0.25) is 0 Å². The maximum absolute atomic E-state index is 12.5. The fourth-order valence-corrected chi connectivity index (χ4v) is 4.10. The van der Waals surface area contributed by atoms with Crippen molar-refractivity contribution in [2.24, 2.45) is 5.92 Å². The molecule has 0 heterocycles. The van der Waals surface area contributed by atoms with Crippen LogP contribution in [0.25, 0.3) is 11.1 Å². The van der Waals surface area contributed by atoms with E-state index in [1.807, 2.05) is 36.4 Å². The van der Waals surface area contributed by atoms with Crippen molar-refractivity contribution in [1.82, 2.24) is 0 Å². The normalized spacial score (nSPS) is 18.4. The highest BCUT2D eigenvalue weighted by molar-refractivity contribution is 5.91. The van der Waals surface area contributed by atoms with Crippen LogP contribution in [0.15, 0.2) is 72.8 Å². The largest absolute Gasteiger partial charge is 0.423 e. The van der Waals surface area contributed by atoms with Gasteiger partial charge in [-0.25, -0.2) is 4.79 Å². The second-order valence-electron chi connectivity index (χ2n) is 8.18. The summed E-state index contributed by atoms with van der Waals surface area (Å²) in [4.78, 5) is 12.5. The summed E-state index contributed by atoms with van der Waals surface area (Å²) >= 11 is 0. The van der Waals surface area contributed by atoms with E-state index in [9.17, 15) is 4.79 Å². The molecule has 0 amide bonds. The molecule has 3 aromatic rings. The lowest BCUT2D eigenvalue weighted by Crippen LogP contribution is -2.12. The molecule has 0 N–H and O–H groups in total. The van der Waals surface area contributed by atoms with Gasteiger partial charge in [0.05, 0.1) is 17.2 Å². The number of benzene rings is 3. The predicted molar refractivity (Wildman–Crippen MR) is 118 cm³/mol. The third-order valence-corrected chi connectivity index (χ3v) is 6.05. The van der Waals surface area contributed by atoms with Gasteiger partial charge in [0, 0.05) is 0 Å². The first-order valence-corrected chi connectivity index (χ1v) is 10.5. The maximum atomic E-state index is 12.5. The third-order valence-electron chi connectivity index (χ3n) is 6.05. The van der Waals surface area contributed by atoms with Crippen LogP contribution in [0.3, 0.4) is 0 Å². The molecule has 0 aromatic heterocycles. The Bertz CT molecular complexity index is 1040. The van der Waals surface area contributed by atoms with Crippen LogP contribution in [0.1, 0.15) is 60.0 Å². The lowest BCUT2D eigenvalue weighted by Gasteiger charge is -2.26. The first-order valence-electron chi connectivity index (χ1n) is 10.5. The van der Waals surface area contributed by atoms with Crippen molar-refractivity contribution in [2.75, 3.05) is 0 Å². The Morgan fingerprint density at radius 2 is 1.40 bits per heavy atom. The smallest absolute Gasteiger partial charge is 0.343 e. The second-order valence-corrected chi connectivity index (χ2v) is 8.18. The minimum atomic E-state index is -0.343. The van der Waals surface area contributed by atoms with Gasteiger partial charge in [-0.05, 0) is 77.8 Å². The Morgan fingerprint density at radius 3 is 1.97 bits per heavy atom. The SMILES string of the molecule is CC1CCC(c2ccc(C(=O)Oc3ccc(-c4ccc(C#N)cc4)cc3)cc2)CC1. The molecule has 0 radical (unpaired) electrons. The highest BCUT2D eigenvalue weighted by atomic mass is 16.5. The van der Waals surface area contributed by atoms with E-state index in [4.69, 9.17) is 10.00 Å². The number of nitriles is 1. The molecule has 1 saturated carbocycles. The van der Waals surface area contributed by atoms with Gasteiger partial charge in [-0.1, -0.05) is 56.2 Å². The molecule has 0 atom stereocenters. The van der Waals surface area contributed by atoms with Crippen molar-refractivity contribution >= 4 is 5.97 Å². The fourth-order valence-electron chi connectivity index (χ4n) is 4.10. The van der Waals surface area contributed by atoms with Crippen LogP contribution in [-0.2, 0) is 0 Å². The number of nitrogens with zero attached hydrogens (tertiary/aromatic N) is 1. The Kier molecular flexibility index (Phi) is 5.95. The van der Waals surface area contributed by atoms with Gasteiger partial charge in [-0.15, -0.1) is 0 Å². The number of rotatable bonds is 4. The number of carbonyl (C=O) groups excluding carboxylic acids is 1. The van der Waals surface area contributed by atoms with Crippen molar-refractivity contribution in [3.05, 3.63) is 89.5 Å². The van der Waals surface area contributed by atoms with Crippen LogP contribution in [0.4, 0.5) is 0 Å². The van der Waals surface area contributed by atoms with Crippen molar-refractivity contribution < 1.29 is 9.53 Å². The molecule has 30 heavy (non-hydrogen) atoms. The van der Waals surface area contributed by atoms with E-state index >= 15 is 0 Å². The minimum Gasteiger partial charge on any atom is -0.423 e. The molecule has 4 rings (SSSR count). The van der Waals surface area contributed by atoms with E-state index < -0.39 is 0 Å². The van der Waals surface area contributed by atoms with Crippen LogP contribution < -0.4 is 4.74 Å². The van der Waals surface area contributed by atoms with E-state index in [2.05, 4.69) is 25.1 Å². The molecule has 1 aliphatic rings. The van der Waals surface area contributed by atoms with Gasteiger partial charge in [-0.2, -0.15) is 5.26 Å². The van der Waals surface area contributed by atoms with Crippen LogP contribution >= 0.6 is 0 Å².